The van der Waals surface area contributed by atoms with Gasteiger partial charge in [-0.1, -0.05) is 48.0 Å². The van der Waals surface area contributed by atoms with E-state index in [0.717, 1.165) is 10.9 Å². The van der Waals surface area contributed by atoms with Crippen LogP contribution in [0.1, 0.15) is 21.7 Å². The molecule has 94 valence electrons. The van der Waals surface area contributed by atoms with Crippen LogP contribution < -0.4 is 0 Å². The number of aryl methyl sites for hydroxylation is 1. The van der Waals surface area contributed by atoms with Crippen LogP contribution in [0.4, 0.5) is 0 Å². The van der Waals surface area contributed by atoms with E-state index in [4.69, 9.17) is 16.0 Å². The fraction of sp³-hybridized carbons (Fsp3) is 0.0625. The first-order chi connectivity index (χ1) is 9.18. The summed E-state index contributed by atoms with van der Waals surface area (Å²) in [4.78, 5) is 12.4. The second kappa shape index (κ2) is 4.56. The molecule has 0 spiro atoms. The van der Waals surface area contributed by atoms with E-state index in [1.807, 2.05) is 37.3 Å². The lowest BCUT2D eigenvalue weighted by Crippen LogP contribution is -2.00. The Kier molecular flexibility index (Phi) is 2.88. The maximum atomic E-state index is 12.4. The number of furan rings is 1. The molecule has 0 N–H and O–H groups in total. The molecule has 1 aromatic heterocycles. The standard InChI is InChI=1S/C16H11ClO2/c1-10-14-12(17)8-5-9-13(14)19-16(10)15(18)11-6-3-2-4-7-11/h2-9H,1H3. The molecule has 0 aliphatic carbocycles. The summed E-state index contributed by atoms with van der Waals surface area (Å²) >= 11 is 6.16. The van der Waals surface area contributed by atoms with Crippen molar-refractivity contribution < 1.29 is 9.21 Å². The molecule has 3 heteroatoms. The molecule has 0 unspecified atom stereocenters. The van der Waals surface area contributed by atoms with Gasteiger partial charge >= 0.3 is 0 Å². The topological polar surface area (TPSA) is 30.2 Å². The molecule has 0 saturated carbocycles. The van der Waals surface area contributed by atoms with Gasteiger partial charge in [0.2, 0.25) is 5.78 Å². The number of fused-ring (bicyclic) bond motifs is 1. The molecule has 0 radical (unpaired) electrons. The van der Waals surface area contributed by atoms with Gasteiger partial charge in [0.1, 0.15) is 5.58 Å². The lowest BCUT2D eigenvalue weighted by Gasteiger charge is -1.98. The molecule has 2 nitrogen and oxygen atoms in total. The van der Waals surface area contributed by atoms with Crippen molar-refractivity contribution in [3.05, 3.63) is 70.4 Å². The fourth-order valence-electron chi connectivity index (χ4n) is 2.19. The van der Waals surface area contributed by atoms with Gasteiger partial charge in [-0.3, -0.25) is 4.79 Å². The quantitative estimate of drug-likeness (QED) is 0.636. The van der Waals surface area contributed by atoms with Gasteiger partial charge in [0, 0.05) is 16.5 Å². The van der Waals surface area contributed by atoms with Crippen molar-refractivity contribution in [3.8, 4) is 0 Å². The third-order valence-corrected chi connectivity index (χ3v) is 3.46. The highest BCUT2D eigenvalue weighted by Gasteiger charge is 2.20. The summed E-state index contributed by atoms with van der Waals surface area (Å²) in [6.07, 6.45) is 0. The summed E-state index contributed by atoms with van der Waals surface area (Å²) < 4.78 is 5.66. The first-order valence-corrected chi connectivity index (χ1v) is 6.33. The SMILES string of the molecule is Cc1c(C(=O)c2ccccc2)oc2cccc(Cl)c12. The van der Waals surface area contributed by atoms with Crippen LogP contribution in [0.3, 0.4) is 0 Å². The Morgan fingerprint density at radius 3 is 2.47 bits per heavy atom. The Bertz CT molecular complexity index is 757. The third kappa shape index (κ3) is 1.94. The Labute approximate surface area is 115 Å². The number of hydrogen-bond donors (Lipinski definition) is 0. The van der Waals surface area contributed by atoms with Crippen molar-refractivity contribution >= 4 is 28.4 Å². The Morgan fingerprint density at radius 1 is 1.05 bits per heavy atom. The normalized spacial score (nSPS) is 10.8. The lowest BCUT2D eigenvalue weighted by molar-refractivity contribution is 0.101. The summed E-state index contributed by atoms with van der Waals surface area (Å²) in [6, 6.07) is 14.5. The molecule has 0 aliphatic heterocycles. The van der Waals surface area contributed by atoms with E-state index in [1.165, 1.54) is 0 Å². The van der Waals surface area contributed by atoms with Crippen LogP contribution in [0.15, 0.2) is 52.9 Å². The highest BCUT2D eigenvalue weighted by Crippen LogP contribution is 2.32. The van der Waals surface area contributed by atoms with E-state index in [-0.39, 0.29) is 5.78 Å². The average molecular weight is 271 g/mol. The monoisotopic (exact) mass is 270 g/mol. The maximum Gasteiger partial charge on any atom is 0.228 e. The van der Waals surface area contributed by atoms with E-state index in [0.29, 0.717) is 21.9 Å². The van der Waals surface area contributed by atoms with Gasteiger partial charge in [0.25, 0.3) is 0 Å². The zero-order valence-electron chi connectivity index (χ0n) is 10.3. The largest absolute Gasteiger partial charge is 0.452 e. The first kappa shape index (κ1) is 12.0. The predicted molar refractivity (Wildman–Crippen MR) is 75.8 cm³/mol. The molecule has 0 amide bonds. The van der Waals surface area contributed by atoms with Gasteiger partial charge in [0.15, 0.2) is 5.76 Å². The van der Waals surface area contributed by atoms with Crippen molar-refractivity contribution in [1.29, 1.82) is 0 Å². The lowest BCUT2D eigenvalue weighted by atomic mass is 10.1. The van der Waals surface area contributed by atoms with Crippen LogP contribution in [0.2, 0.25) is 5.02 Å². The molecule has 0 aliphatic rings. The van der Waals surface area contributed by atoms with Crippen LogP contribution in [0.25, 0.3) is 11.0 Å². The predicted octanol–water partition coefficient (Wildman–Crippen LogP) is 4.63. The van der Waals surface area contributed by atoms with Gasteiger partial charge in [-0.05, 0) is 19.1 Å². The molecule has 19 heavy (non-hydrogen) atoms. The second-order valence-electron chi connectivity index (χ2n) is 4.36. The number of carbonyl (C=O) groups excluding carboxylic acids is 1. The summed E-state index contributed by atoms with van der Waals surface area (Å²) in [5.74, 6) is 0.236. The minimum Gasteiger partial charge on any atom is -0.452 e. The van der Waals surface area contributed by atoms with Crippen LogP contribution in [-0.4, -0.2) is 5.78 Å². The fourth-order valence-corrected chi connectivity index (χ4v) is 2.50. The summed E-state index contributed by atoms with van der Waals surface area (Å²) in [5.41, 5.74) is 2.04. The van der Waals surface area contributed by atoms with Crippen LogP contribution in [-0.2, 0) is 0 Å². The number of carbonyl (C=O) groups is 1. The van der Waals surface area contributed by atoms with Crippen LogP contribution in [0.5, 0.6) is 0 Å². The average Bonchev–Trinajstić information content (AvgIpc) is 2.78. The van der Waals surface area contributed by atoms with Gasteiger partial charge in [-0.2, -0.15) is 0 Å². The number of benzene rings is 2. The molecule has 3 aromatic rings. The van der Waals surface area contributed by atoms with E-state index in [2.05, 4.69) is 0 Å². The molecule has 1 heterocycles. The van der Waals surface area contributed by atoms with Crippen molar-refractivity contribution in [2.75, 3.05) is 0 Å². The van der Waals surface area contributed by atoms with E-state index in [9.17, 15) is 4.79 Å². The molecule has 0 atom stereocenters. The summed E-state index contributed by atoms with van der Waals surface area (Å²) in [6.45, 7) is 1.86. The Morgan fingerprint density at radius 2 is 1.79 bits per heavy atom. The molecule has 0 fully saturated rings. The van der Waals surface area contributed by atoms with Gasteiger partial charge < -0.3 is 4.42 Å². The molecular formula is C16H11ClO2. The van der Waals surface area contributed by atoms with Crippen molar-refractivity contribution in [2.24, 2.45) is 0 Å². The smallest absolute Gasteiger partial charge is 0.228 e. The zero-order valence-corrected chi connectivity index (χ0v) is 11.1. The number of halogens is 1. The zero-order chi connectivity index (χ0) is 13.4. The van der Waals surface area contributed by atoms with Crippen LogP contribution in [0, 0.1) is 6.92 Å². The maximum absolute atomic E-state index is 12.4. The van der Waals surface area contributed by atoms with Gasteiger partial charge in [0.05, 0.1) is 5.02 Å². The van der Waals surface area contributed by atoms with E-state index in [1.54, 1.807) is 18.2 Å². The second-order valence-corrected chi connectivity index (χ2v) is 4.77. The summed E-state index contributed by atoms with van der Waals surface area (Å²) in [7, 11) is 0. The van der Waals surface area contributed by atoms with E-state index >= 15 is 0 Å². The van der Waals surface area contributed by atoms with Crippen molar-refractivity contribution in [3.63, 3.8) is 0 Å². The molecule has 0 saturated heterocycles. The highest BCUT2D eigenvalue weighted by atomic mass is 35.5. The molecule has 2 aromatic carbocycles. The number of rotatable bonds is 2. The van der Waals surface area contributed by atoms with Crippen LogP contribution >= 0.6 is 11.6 Å². The molecular weight excluding hydrogens is 260 g/mol. The Hall–Kier alpha value is -2.06. The van der Waals surface area contributed by atoms with Gasteiger partial charge in [-0.25, -0.2) is 0 Å². The van der Waals surface area contributed by atoms with Crippen molar-refractivity contribution in [2.45, 2.75) is 6.92 Å². The van der Waals surface area contributed by atoms with Gasteiger partial charge in [-0.15, -0.1) is 0 Å². The highest BCUT2D eigenvalue weighted by molar-refractivity contribution is 6.36. The Balaban J connectivity index is 2.19. The third-order valence-electron chi connectivity index (χ3n) is 3.15. The minimum atomic E-state index is -0.120. The minimum absolute atomic E-state index is 0.120. The number of ketones is 1. The molecule has 0 bridgehead atoms. The first-order valence-electron chi connectivity index (χ1n) is 5.96. The van der Waals surface area contributed by atoms with E-state index < -0.39 is 0 Å². The molecule has 3 rings (SSSR count). The summed E-state index contributed by atoms with van der Waals surface area (Å²) in [5, 5.41) is 1.41. The van der Waals surface area contributed by atoms with Crippen molar-refractivity contribution in [1.82, 2.24) is 0 Å². The number of hydrogen-bond acceptors (Lipinski definition) is 2.